The van der Waals surface area contributed by atoms with Crippen LogP contribution in [0.2, 0.25) is 0 Å². The van der Waals surface area contributed by atoms with Gasteiger partial charge in [-0.25, -0.2) is 13.6 Å². The van der Waals surface area contributed by atoms with E-state index in [4.69, 9.17) is 10.8 Å². The van der Waals surface area contributed by atoms with Crippen LogP contribution < -0.4 is 5.73 Å². The molecule has 82 valence electrons. The summed E-state index contributed by atoms with van der Waals surface area (Å²) in [5.41, 5.74) is 4.59. The smallest absolute Gasteiger partial charge is 0.336 e. The Bertz CT molecular complexity index is 394. The van der Waals surface area contributed by atoms with Gasteiger partial charge in [0.25, 0.3) is 6.43 Å². The molecule has 0 saturated heterocycles. The van der Waals surface area contributed by atoms with E-state index in [0.717, 1.165) is 6.07 Å². The van der Waals surface area contributed by atoms with E-state index in [0.29, 0.717) is 0 Å². The number of pyridine rings is 1. The molecule has 0 radical (unpaired) electrons. The number of aromatic nitrogens is 1. The molecule has 1 rings (SSSR count). The Labute approximate surface area is 84.7 Å². The highest BCUT2D eigenvalue weighted by atomic mass is 19.3. The number of nitrogens with zero attached hydrogens (tertiary/aromatic N) is 1. The number of carbonyl (C=O) groups is 1. The third-order valence-electron chi connectivity index (χ3n) is 1.96. The van der Waals surface area contributed by atoms with Crippen LogP contribution in [0.1, 0.15) is 33.7 Å². The number of nitrogens with two attached hydrogens (primary N) is 1. The van der Waals surface area contributed by atoms with E-state index in [-0.39, 0.29) is 17.9 Å². The molecule has 1 aromatic rings. The highest BCUT2D eigenvalue weighted by Crippen LogP contribution is 2.26. The summed E-state index contributed by atoms with van der Waals surface area (Å²) in [6.07, 6.45) is -2.85. The van der Waals surface area contributed by atoms with Gasteiger partial charge in [0.2, 0.25) is 0 Å². The van der Waals surface area contributed by atoms with Gasteiger partial charge in [-0.1, -0.05) is 0 Å². The maximum Gasteiger partial charge on any atom is 0.336 e. The molecule has 6 heteroatoms. The molecule has 1 heterocycles. The molecule has 0 fully saturated rings. The molecule has 0 aliphatic heterocycles. The lowest BCUT2D eigenvalue weighted by Gasteiger charge is -2.09. The molecule has 0 atom stereocenters. The number of aromatic carboxylic acids is 1. The van der Waals surface area contributed by atoms with E-state index in [1.807, 2.05) is 0 Å². The minimum absolute atomic E-state index is 0.00495. The summed E-state index contributed by atoms with van der Waals surface area (Å²) < 4.78 is 25.1. The van der Waals surface area contributed by atoms with Crippen molar-refractivity contribution in [1.29, 1.82) is 0 Å². The molecule has 4 nitrogen and oxygen atoms in total. The van der Waals surface area contributed by atoms with E-state index in [1.54, 1.807) is 0 Å². The van der Waals surface area contributed by atoms with Crippen LogP contribution in [0.3, 0.4) is 0 Å². The van der Waals surface area contributed by atoms with Crippen LogP contribution in [0.25, 0.3) is 0 Å². The van der Waals surface area contributed by atoms with Crippen molar-refractivity contribution in [2.45, 2.75) is 19.9 Å². The van der Waals surface area contributed by atoms with Crippen LogP contribution in [0.5, 0.6) is 0 Å². The van der Waals surface area contributed by atoms with Crippen molar-refractivity contribution in [2.75, 3.05) is 0 Å². The van der Waals surface area contributed by atoms with Crippen LogP contribution in [-0.2, 0) is 6.54 Å². The fourth-order valence-electron chi connectivity index (χ4n) is 1.30. The second-order valence-electron chi connectivity index (χ2n) is 2.97. The number of carboxylic acid groups (broad SMARTS) is 1. The maximum absolute atomic E-state index is 12.5. The second-order valence-corrected chi connectivity index (χ2v) is 2.97. The Balaban J connectivity index is 3.42. The summed E-state index contributed by atoms with van der Waals surface area (Å²) in [5.74, 6) is -1.40. The topological polar surface area (TPSA) is 76.2 Å². The van der Waals surface area contributed by atoms with Crippen molar-refractivity contribution in [2.24, 2.45) is 5.73 Å². The average molecular weight is 216 g/mol. The van der Waals surface area contributed by atoms with Crippen molar-refractivity contribution in [3.05, 3.63) is 28.6 Å². The first kappa shape index (κ1) is 11.5. The summed E-state index contributed by atoms with van der Waals surface area (Å²) in [6, 6.07) is 1.08. The minimum Gasteiger partial charge on any atom is -0.478 e. The van der Waals surface area contributed by atoms with Crippen LogP contribution in [0, 0.1) is 6.92 Å². The van der Waals surface area contributed by atoms with E-state index >= 15 is 0 Å². The molecule has 0 aliphatic rings. The lowest BCUT2D eigenvalue weighted by molar-refractivity contribution is 0.0683. The Morgan fingerprint density at radius 2 is 2.27 bits per heavy atom. The largest absolute Gasteiger partial charge is 0.478 e. The third-order valence-corrected chi connectivity index (χ3v) is 1.96. The van der Waals surface area contributed by atoms with Gasteiger partial charge in [-0.05, 0) is 13.0 Å². The Kier molecular flexibility index (Phi) is 3.31. The van der Waals surface area contributed by atoms with Gasteiger partial charge in [-0.15, -0.1) is 0 Å². The molecular weight excluding hydrogens is 206 g/mol. The molecule has 0 spiro atoms. The number of rotatable bonds is 3. The fourth-order valence-corrected chi connectivity index (χ4v) is 1.30. The van der Waals surface area contributed by atoms with Gasteiger partial charge >= 0.3 is 5.97 Å². The molecular formula is C9H10F2N2O2. The summed E-state index contributed by atoms with van der Waals surface area (Å²) in [7, 11) is 0. The number of alkyl halides is 2. The van der Waals surface area contributed by atoms with Crippen molar-refractivity contribution in [1.82, 2.24) is 4.98 Å². The van der Waals surface area contributed by atoms with E-state index in [9.17, 15) is 13.6 Å². The van der Waals surface area contributed by atoms with Crippen LogP contribution in [-0.4, -0.2) is 16.1 Å². The van der Waals surface area contributed by atoms with Gasteiger partial charge < -0.3 is 10.8 Å². The number of aryl methyl sites for hydroxylation is 1. The Morgan fingerprint density at radius 3 is 2.67 bits per heavy atom. The molecule has 0 amide bonds. The minimum atomic E-state index is -2.85. The monoisotopic (exact) mass is 216 g/mol. The molecule has 0 bridgehead atoms. The Hall–Kier alpha value is -1.56. The van der Waals surface area contributed by atoms with Gasteiger partial charge in [-0.2, -0.15) is 0 Å². The fraction of sp³-hybridized carbons (Fsp3) is 0.333. The molecule has 0 aliphatic carbocycles. The number of hydrogen-bond donors (Lipinski definition) is 2. The van der Waals surface area contributed by atoms with Gasteiger partial charge in [0.05, 0.1) is 16.8 Å². The number of halogens is 2. The quantitative estimate of drug-likeness (QED) is 0.802. The normalized spacial score (nSPS) is 10.7. The average Bonchev–Trinajstić information content (AvgIpc) is 2.15. The third kappa shape index (κ3) is 2.27. The summed E-state index contributed by atoms with van der Waals surface area (Å²) in [6.45, 7) is 1.36. The molecule has 3 N–H and O–H groups in total. The highest BCUT2D eigenvalue weighted by molar-refractivity contribution is 5.89. The SMILES string of the molecule is Cc1nc(CN)cc(C(=O)O)c1C(F)F. The van der Waals surface area contributed by atoms with Gasteiger partial charge in [-0.3, -0.25) is 4.98 Å². The van der Waals surface area contributed by atoms with Crippen molar-refractivity contribution >= 4 is 5.97 Å². The molecule has 0 aromatic carbocycles. The summed E-state index contributed by atoms with van der Waals surface area (Å²) in [5, 5.41) is 8.76. The lowest BCUT2D eigenvalue weighted by atomic mass is 10.1. The molecule has 0 saturated carbocycles. The zero-order chi connectivity index (χ0) is 11.6. The van der Waals surface area contributed by atoms with Crippen molar-refractivity contribution in [3.63, 3.8) is 0 Å². The molecule has 15 heavy (non-hydrogen) atoms. The predicted molar refractivity (Wildman–Crippen MR) is 48.8 cm³/mol. The van der Waals surface area contributed by atoms with E-state index < -0.39 is 23.5 Å². The van der Waals surface area contributed by atoms with E-state index in [2.05, 4.69) is 4.98 Å². The maximum atomic E-state index is 12.5. The van der Waals surface area contributed by atoms with E-state index in [1.165, 1.54) is 6.92 Å². The molecule has 0 unspecified atom stereocenters. The Morgan fingerprint density at radius 1 is 1.67 bits per heavy atom. The van der Waals surface area contributed by atoms with Gasteiger partial charge in [0.1, 0.15) is 0 Å². The van der Waals surface area contributed by atoms with Gasteiger partial charge in [0.15, 0.2) is 0 Å². The molecule has 1 aromatic heterocycles. The number of carboxylic acids is 1. The zero-order valence-electron chi connectivity index (χ0n) is 8.00. The van der Waals surface area contributed by atoms with Crippen molar-refractivity contribution < 1.29 is 18.7 Å². The first-order valence-electron chi connectivity index (χ1n) is 4.19. The zero-order valence-corrected chi connectivity index (χ0v) is 8.00. The summed E-state index contributed by atoms with van der Waals surface area (Å²) in [4.78, 5) is 14.5. The lowest BCUT2D eigenvalue weighted by Crippen LogP contribution is -2.11. The first-order valence-corrected chi connectivity index (χ1v) is 4.19. The highest BCUT2D eigenvalue weighted by Gasteiger charge is 2.22. The standard InChI is InChI=1S/C9H10F2N2O2/c1-4-7(8(10)11)6(9(14)15)2-5(3-12)13-4/h2,8H,3,12H2,1H3,(H,14,15). The predicted octanol–water partition coefficient (Wildman–Crippen LogP) is 1.48. The van der Waals surface area contributed by atoms with Gasteiger partial charge in [0, 0.05) is 12.2 Å². The first-order chi connectivity index (χ1) is 6.97. The second kappa shape index (κ2) is 4.31. The summed E-state index contributed by atoms with van der Waals surface area (Å²) >= 11 is 0. The van der Waals surface area contributed by atoms with Crippen LogP contribution in [0.4, 0.5) is 8.78 Å². The van der Waals surface area contributed by atoms with Crippen LogP contribution >= 0.6 is 0 Å². The van der Waals surface area contributed by atoms with Crippen molar-refractivity contribution in [3.8, 4) is 0 Å². The number of hydrogen-bond acceptors (Lipinski definition) is 3. The van der Waals surface area contributed by atoms with Crippen LogP contribution in [0.15, 0.2) is 6.07 Å².